The third kappa shape index (κ3) is 5.78. The van der Waals surface area contributed by atoms with Gasteiger partial charge in [-0.05, 0) is 67.2 Å². The third-order valence-electron chi connectivity index (χ3n) is 8.12. The maximum absolute atomic E-state index is 6.41. The van der Waals surface area contributed by atoms with Crippen LogP contribution in [0.3, 0.4) is 0 Å². The number of aromatic nitrogens is 4. The molecule has 0 atom stereocenters. The zero-order valence-electron chi connectivity index (χ0n) is 22.8. The van der Waals surface area contributed by atoms with Gasteiger partial charge >= 0.3 is 0 Å². The SMILES string of the molecule is CC(C)(C)[Si](C)(C)OCCc1cccc(N2CCC(n3cc(-c4cnc5ccccc5n4)cn3)CC2)c1. The van der Waals surface area contributed by atoms with Crippen LogP contribution in [0.1, 0.15) is 45.2 Å². The first-order valence-electron chi connectivity index (χ1n) is 13.4. The maximum Gasteiger partial charge on any atom is 0.191 e. The van der Waals surface area contributed by atoms with Crippen LogP contribution in [0.2, 0.25) is 18.1 Å². The lowest BCUT2D eigenvalue weighted by Crippen LogP contribution is -2.41. The van der Waals surface area contributed by atoms with E-state index in [0.29, 0.717) is 6.04 Å². The van der Waals surface area contributed by atoms with Crippen LogP contribution < -0.4 is 4.90 Å². The first-order valence-corrected chi connectivity index (χ1v) is 16.3. The number of benzene rings is 2. The van der Waals surface area contributed by atoms with Crippen molar-refractivity contribution in [3.8, 4) is 11.3 Å². The third-order valence-corrected chi connectivity index (χ3v) is 12.7. The van der Waals surface area contributed by atoms with Gasteiger partial charge in [0.25, 0.3) is 0 Å². The van der Waals surface area contributed by atoms with Gasteiger partial charge in [0.05, 0.1) is 35.2 Å². The van der Waals surface area contributed by atoms with Gasteiger partial charge in [0.2, 0.25) is 0 Å². The molecule has 0 amide bonds. The quantitative estimate of drug-likeness (QED) is 0.252. The number of hydrogen-bond donors (Lipinski definition) is 0. The lowest BCUT2D eigenvalue weighted by atomic mass is 10.0. The predicted octanol–water partition coefficient (Wildman–Crippen LogP) is 6.90. The number of anilines is 1. The molecule has 0 aliphatic carbocycles. The van der Waals surface area contributed by atoms with Crippen molar-refractivity contribution in [1.82, 2.24) is 19.7 Å². The second-order valence-corrected chi connectivity index (χ2v) is 16.5. The summed E-state index contributed by atoms with van der Waals surface area (Å²) >= 11 is 0. The molecule has 3 heterocycles. The molecule has 194 valence electrons. The van der Waals surface area contributed by atoms with Gasteiger partial charge in [-0.3, -0.25) is 9.67 Å². The number of para-hydroxylation sites is 2. The van der Waals surface area contributed by atoms with Crippen LogP contribution >= 0.6 is 0 Å². The van der Waals surface area contributed by atoms with Crippen LogP contribution in [-0.4, -0.2) is 47.8 Å². The topological polar surface area (TPSA) is 56.1 Å². The molecule has 0 bridgehead atoms. The molecule has 7 heteroatoms. The van der Waals surface area contributed by atoms with E-state index in [1.54, 1.807) is 0 Å². The van der Waals surface area contributed by atoms with Crippen molar-refractivity contribution >= 4 is 25.0 Å². The summed E-state index contributed by atoms with van der Waals surface area (Å²) < 4.78 is 8.53. The Balaban J connectivity index is 1.18. The van der Waals surface area contributed by atoms with Gasteiger partial charge in [-0.2, -0.15) is 5.10 Å². The molecule has 0 N–H and O–H groups in total. The van der Waals surface area contributed by atoms with Gasteiger partial charge in [-0.15, -0.1) is 0 Å². The summed E-state index contributed by atoms with van der Waals surface area (Å²) in [6, 6.07) is 17.4. The second-order valence-electron chi connectivity index (χ2n) is 11.7. The fourth-order valence-corrected chi connectivity index (χ4v) is 5.75. The summed E-state index contributed by atoms with van der Waals surface area (Å²) in [6.45, 7) is 14.4. The van der Waals surface area contributed by atoms with Crippen molar-refractivity contribution in [2.24, 2.45) is 0 Å². The van der Waals surface area contributed by atoms with Crippen molar-refractivity contribution in [2.75, 3.05) is 24.6 Å². The molecule has 2 aromatic carbocycles. The minimum absolute atomic E-state index is 0.247. The van der Waals surface area contributed by atoms with Gasteiger partial charge in [-0.25, -0.2) is 4.98 Å². The Hall–Kier alpha value is -3.03. The minimum Gasteiger partial charge on any atom is -0.416 e. The van der Waals surface area contributed by atoms with E-state index < -0.39 is 8.32 Å². The summed E-state index contributed by atoms with van der Waals surface area (Å²) in [5, 5.41) is 4.95. The molecule has 0 saturated carbocycles. The second kappa shape index (κ2) is 10.4. The Morgan fingerprint density at radius 2 is 1.73 bits per heavy atom. The average Bonchev–Trinajstić information content (AvgIpc) is 3.38. The van der Waals surface area contributed by atoms with Crippen LogP contribution in [0.4, 0.5) is 5.69 Å². The molecule has 2 aromatic heterocycles. The molecule has 5 rings (SSSR count). The maximum atomic E-state index is 6.41. The molecule has 0 radical (unpaired) electrons. The lowest BCUT2D eigenvalue weighted by molar-refractivity contribution is 0.292. The average molecular weight is 514 g/mol. The Morgan fingerprint density at radius 1 is 0.973 bits per heavy atom. The minimum atomic E-state index is -1.70. The summed E-state index contributed by atoms with van der Waals surface area (Å²) in [6.07, 6.45) is 9.00. The van der Waals surface area contributed by atoms with E-state index in [9.17, 15) is 0 Å². The van der Waals surface area contributed by atoms with Gasteiger partial charge in [0, 0.05) is 37.1 Å². The number of nitrogens with zero attached hydrogens (tertiary/aromatic N) is 5. The molecule has 0 unspecified atom stereocenters. The van der Waals surface area contributed by atoms with Gasteiger partial charge in [-0.1, -0.05) is 45.0 Å². The van der Waals surface area contributed by atoms with Crippen LogP contribution in [0.25, 0.3) is 22.3 Å². The van der Waals surface area contributed by atoms with Gasteiger partial charge in [0.15, 0.2) is 8.32 Å². The Kier molecular flexibility index (Phi) is 7.19. The predicted molar refractivity (Wildman–Crippen MR) is 155 cm³/mol. The molecule has 1 saturated heterocycles. The van der Waals surface area contributed by atoms with Crippen LogP contribution in [0, 0.1) is 0 Å². The highest BCUT2D eigenvalue weighted by Gasteiger charge is 2.36. The number of fused-ring (bicyclic) bond motifs is 1. The highest BCUT2D eigenvalue weighted by molar-refractivity contribution is 6.74. The normalized spacial score (nSPS) is 15.4. The van der Waals surface area contributed by atoms with Crippen LogP contribution in [0.5, 0.6) is 0 Å². The van der Waals surface area contributed by atoms with Gasteiger partial charge in [0.1, 0.15) is 0 Å². The molecule has 1 aliphatic rings. The molecular formula is C30H39N5OSi. The first-order chi connectivity index (χ1) is 17.7. The first kappa shape index (κ1) is 25.6. The Labute approximate surface area is 221 Å². The molecule has 6 nitrogen and oxygen atoms in total. The molecule has 4 aromatic rings. The van der Waals surface area contributed by atoms with Crippen LogP contribution in [0.15, 0.2) is 67.1 Å². The highest BCUT2D eigenvalue weighted by atomic mass is 28.4. The molecule has 0 spiro atoms. The van der Waals surface area contributed by atoms with Crippen molar-refractivity contribution in [3.63, 3.8) is 0 Å². The van der Waals surface area contributed by atoms with Gasteiger partial charge < -0.3 is 9.33 Å². The highest BCUT2D eigenvalue weighted by Crippen LogP contribution is 2.36. The molecule has 37 heavy (non-hydrogen) atoms. The summed E-state index contributed by atoms with van der Waals surface area (Å²) in [4.78, 5) is 11.8. The summed E-state index contributed by atoms with van der Waals surface area (Å²) in [5.41, 5.74) is 6.39. The Morgan fingerprint density at radius 3 is 2.49 bits per heavy atom. The fourth-order valence-electron chi connectivity index (χ4n) is 4.70. The number of rotatable bonds is 7. The largest absolute Gasteiger partial charge is 0.416 e. The van der Waals surface area contributed by atoms with Crippen molar-refractivity contribution in [2.45, 2.75) is 64.2 Å². The van der Waals surface area contributed by atoms with E-state index in [0.717, 1.165) is 61.2 Å². The standard InChI is InChI=1S/C30H39N5OSi/c1-30(2,3)37(4,5)36-18-15-23-9-8-10-26(19-23)34-16-13-25(14-17-34)35-22-24(20-32-35)29-21-31-27-11-6-7-12-28(27)33-29/h6-12,19-22,25H,13-18H2,1-5H3. The van der Waals surface area contributed by atoms with E-state index in [-0.39, 0.29) is 5.04 Å². The summed E-state index contributed by atoms with van der Waals surface area (Å²) in [7, 11) is -1.70. The number of hydrogen-bond acceptors (Lipinski definition) is 5. The molecule has 1 aliphatic heterocycles. The van der Waals surface area contributed by atoms with E-state index in [1.165, 1.54) is 11.3 Å². The molecular weight excluding hydrogens is 474 g/mol. The fraction of sp³-hybridized carbons (Fsp3) is 0.433. The van der Waals surface area contributed by atoms with Crippen LogP contribution in [-0.2, 0) is 10.8 Å². The zero-order valence-corrected chi connectivity index (χ0v) is 23.8. The van der Waals surface area contributed by atoms with E-state index in [1.807, 2.05) is 36.7 Å². The number of piperidine rings is 1. The monoisotopic (exact) mass is 513 g/mol. The van der Waals surface area contributed by atoms with E-state index >= 15 is 0 Å². The smallest absolute Gasteiger partial charge is 0.191 e. The molecule has 1 fully saturated rings. The van der Waals surface area contributed by atoms with Crippen molar-refractivity contribution < 1.29 is 4.43 Å². The van der Waals surface area contributed by atoms with E-state index in [2.05, 4.69) is 78.9 Å². The van der Waals surface area contributed by atoms with Crippen molar-refractivity contribution in [1.29, 1.82) is 0 Å². The zero-order chi connectivity index (χ0) is 26.0. The van der Waals surface area contributed by atoms with Crippen molar-refractivity contribution in [3.05, 3.63) is 72.7 Å². The van der Waals surface area contributed by atoms with E-state index in [4.69, 9.17) is 14.5 Å². The lowest BCUT2D eigenvalue weighted by Gasteiger charge is -2.36. The Bertz CT molecular complexity index is 1350. The summed E-state index contributed by atoms with van der Waals surface area (Å²) in [5.74, 6) is 0.